The zero-order valence-electron chi connectivity index (χ0n) is 11.9. The Morgan fingerprint density at radius 1 is 1.29 bits per heavy atom. The third-order valence-corrected chi connectivity index (χ3v) is 4.30. The predicted octanol–water partition coefficient (Wildman–Crippen LogP) is 4.36. The number of hydrogen-bond acceptors (Lipinski definition) is 5. The second kappa shape index (κ2) is 6.25. The molecule has 0 amide bonds. The van der Waals surface area contributed by atoms with Crippen molar-refractivity contribution in [1.82, 2.24) is 9.55 Å². The number of fused-ring (bicyclic) bond motifs is 1. The molecule has 24 heavy (non-hydrogen) atoms. The van der Waals surface area contributed by atoms with Crippen LogP contribution in [0, 0.1) is 21.4 Å². The van der Waals surface area contributed by atoms with Gasteiger partial charge in [-0.05, 0) is 18.2 Å². The maximum Gasteiger partial charge on any atom is 0.321 e. The lowest BCUT2D eigenvalue weighted by Crippen LogP contribution is -2.00. The first-order valence-electron chi connectivity index (χ1n) is 6.63. The summed E-state index contributed by atoms with van der Waals surface area (Å²) < 4.78 is 27.6. The van der Waals surface area contributed by atoms with E-state index in [2.05, 4.69) is 4.98 Å². The molecule has 1 heterocycles. The summed E-state index contributed by atoms with van der Waals surface area (Å²) in [4.78, 5) is 14.6. The third-order valence-electron chi connectivity index (χ3n) is 3.25. The van der Waals surface area contributed by atoms with Crippen LogP contribution >= 0.6 is 11.8 Å². The second-order valence-corrected chi connectivity index (χ2v) is 5.69. The zero-order valence-corrected chi connectivity index (χ0v) is 12.7. The van der Waals surface area contributed by atoms with Gasteiger partial charge >= 0.3 is 6.55 Å². The maximum absolute atomic E-state index is 13.4. The second-order valence-electron chi connectivity index (χ2n) is 4.68. The number of benzene rings is 2. The molecule has 0 spiro atoms. The van der Waals surface area contributed by atoms with Crippen LogP contribution in [-0.2, 0) is 0 Å². The van der Waals surface area contributed by atoms with Gasteiger partial charge in [-0.25, -0.2) is 4.98 Å². The quantitative estimate of drug-likeness (QED) is 0.517. The predicted molar refractivity (Wildman–Crippen MR) is 82.9 cm³/mol. The lowest BCUT2D eigenvalue weighted by Gasteiger charge is -2.08. The molecule has 0 saturated carbocycles. The standard InChI is InChI=1S/C15H8F2N4O2S/c16-14(17)20-12-4-2-1-3-11(12)19-15(20)24-13-6-5-10(21(22)23)7-9(13)8-18/h1-7,14H. The fraction of sp³-hybridized carbons (Fsp3) is 0.0667. The van der Waals surface area contributed by atoms with Crippen molar-refractivity contribution >= 4 is 28.5 Å². The minimum atomic E-state index is -2.80. The van der Waals surface area contributed by atoms with E-state index in [0.29, 0.717) is 10.4 Å². The molecule has 0 aliphatic heterocycles. The molecule has 0 bridgehead atoms. The highest BCUT2D eigenvalue weighted by molar-refractivity contribution is 7.99. The normalized spacial score (nSPS) is 10.9. The van der Waals surface area contributed by atoms with Gasteiger partial charge in [0.15, 0.2) is 5.16 Å². The van der Waals surface area contributed by atoms with Gasteiger partial charge in [-0.1, -0.05) is 23.9 Å². The minimum absolute atomic E-state index is 0.0107. The van der Waals surface area contributed by atoms with Crippen LogP contribution in [0.2, 0.25) is 0 Å². The first kappa shape index (κ1) is 15.9. The van der Waals surface area contributed by atoms with Crippen molar-refractivity contribution < 1.29 is 13.7 Å². The van der Waals surface area contributed by atoms with E-state index >= 15 is 0 Å². The molecule has 120 valence electrons. The van der Waals surface area contributed by atoms with Crippen LogP contribution in [0.25, 0.3) is 11.0 Å². The van der Waals surface area contributed by atoms with E-state index in [1.165, 1.54) is 18.2 Å². The van der Waals surface area contributed by atoms with E-state index < -0.39 is 11.5 Å². The molecule has 0 aliphatic carbocycles. The number of hydrogen-bond donors (Lipinski definition) is 0. The fourth-order valence-electron chi connectivity index (χ4n) is 2.19. The Morgan fingerprint density at radius 3 is 2.71 bits per heavy atom. The van der Waals surface area contributed by atoms with Crippen LogP contribution in [0.5, 0.6) is 0 Å². The molecule has 0 atom stereocenters. The fourth-order valence-corrected chi connectivity index (χ4v) is 3.16. The smallest absolute Gasteiger partial charge is 0.261 e. The highest BCUT2D eigenvalue weighted by atomic mass is 32.2. The first-order chi connectivity index (χ1) is 11.5. The summed E-state index contributed by atoms with van der Waals surface area (Å²) in [5, 5.41) is 19.9. The molecule has 3 aromatic rings. The van der Waals surface area contributed by atoms with Gasteiger partial charge in [0.2, 0.25) is 0 Å². The number of halogens is 2. The molecule has 1 aromatic heterocycles. The summed E-state index contributed by atoms with van der Waals surface area (Å²) in [5.74, 6) is 0. The largest absolute Gasteiger partial charge is 0.321 e. The number of non-ortho nitro benzene ring substituents is 1. The summed E-state index contributed by atoms with van der Waals surface area (Å²) in [7, 11) is 0. The SMILES string of the molecule is N#Cc1cc([N+](=O)[O-])ccc1Sc1nc2ccccc2n1C(F)F. The average molecular weight is 346 g/mol. The molecule has 2 aromatic carbocycles. The number of aromatic nitrogens is 2. The number of imidazole rings is 1. The highest BCUT2D eigenvalue weighted by Crippen LogP contribution is 2.36. The molecule has 0 radical (unpaired) electrons. The molecule has 0 N–H and O–H groups in total. The van der Waals surface area contributed by atoms with E-state index in [9.17, 15) is 18.9 Å². The number of nitrogens with zero attached hydrogens (tertiary/aromatic N) is 4. The number of rotatable bonds is 4. The highest BCUT2D eigenvalue weighted by Gasteiger charge is 2.20. The summed E-state index contributed by atoms with van der Waals surface area (Å²) >= 11 is 0.867. The summed E-state index contributed by atoms with van der Waals surface area (Å²) in [6.45, 7) is -2.80. The lowest BCUT2D eigenvalue weighted by molar-refractivity contribution is -0.384. The van der Waals surface area contributed by atoms with Crippen LogP contribution in [0.15, 0.2) is 52.5 Å². The number of nitriles is 1. The van der Waals surface area contributed by atoms with Crippen molar-refractivity contribution in [2.24, 2.45) is 0 Å². The Bertz CT molecular complexity index is 981. The Kier molecular flexibility index (Phi) is 4.14. The van der Waals surface area contributed by atoms with Crippen LogP contribution in [0.1, 0.15) is 12.1 Å². The van der Waals surface area contributed by atoms with Gasteiger partial charge in [0, 0.05) is 17.0 Å². The van der Waals surface area contributed by atoms with Crippen molar-refractivity contribution in [2.45, 2.75) is 16.6 Å². The molecule has 0 unspecified atom stereocenters. The van der Waals surface area contributed by atoms with E-state index in [1.807, 2.05) is 6.07 Å². The Morgan fingerprint density at radius 2 is 2.04 bits per heavy atom. The van der Waals surface area contributed by atoms with Gasteiger partial charge in [-0.2, -0.15) is 14.0 Å². The van der Waals surface area contributed by atoms with Crippen LogP contribution in [-0.4, -0.2) is 14.5 Å². The van der Waals surface area contributed by atoms with E-state index in [1.54, 1.807) is 18.2 Å². The van der Waals surface area contributed by atoms with Crippen molar-refractivity contribution in [1.29, 1.82) is 5.26 Å². The molecule has 0 aliphatic rings. The van der Waals surface area contributed by atoms with Crippen LogP contribution in [0.4, 0.5) is 14.5 Å². The number of para-hydroxylation sites is 2. The van der Waals surface area contributed by atoms with Gasteiger partial charge in [-0.15, -0.1) is 0 Å². The topological polar surface area (TPSA) is 84.8 Å². The Labute approximate surface area is 138 Å². The van der Waals surface area contributed by atoms with Crippen molar-refractivity contribution in [3.05, 3.63) is 58.1 Å². The molecule has 0 saturated heterocycles. The molecule has 0 fully saturated rings. The zero-order chi connectivity index (χ0) is 17.3. The summed E-state index contributed by atoms with van der Waals surface area (Å²) in [6, 6.07) is 12.0. The third kappa shape index (κ3) is 2.79. The molecule has 6 nitrogen and oxygen atoms in total. The Balaban J connectivity index is 2.09. The molecular formula is C15H8F2N4O2S. The van der Waals surface area contributed by atoms with Gasteiger partial charge < -0.3 is 0 Å². The average Bonchev–Trinajstić information content (AvgIpc) is 2.92. The van der Waals surface area contributed by atoms with Crippen molar-refractivity contribution in [2.75, 3.05) is 0 Å². The van der Waals surface area contributed by atoms with E-state index in [4.69, 9.17) is 5.26 Å². The molecular weight excluding hydrogens is 338 g/mol. The minimum Gasteiger partial charge on any atom is -0.261 e. The van der Waals surface area contributed by atoms with E-state index in [-0.39, 0.29) is 21.9 Å². The van der Waals surface area contributed by atoms with Gasteiger partial charge in [0.05, 0.1) is 21.5 Å². The van der Waals surface area contributed by atoms with Crippen molar-refractivity contribution in [3.8, 4) is 6.07 Å². The summed E-state index contributed by atoms with van der Waals surface area (Å²) in [5.41, 5.74) is 0.469. The van der Waals surface area contributed by atoms with Gasteiger partial charge in [-0.3, -0.25) is 14.7 Å². The number of nitro groups is 1. The molecule has 3 rings (SSSR count). The lowest BCUT2D eigenvalue weighted by atomic mass is 10.2. The van der Waals surface area contributed by atoms with Gasteiger partial charge in [0.1, 0.15) is 6.07 Å². The first-order valence-corrected chi connectivity index (χ1v) is 7.44. The van der Waals surface area contributed by atoms with Crippen LogP contribution in [0.3, 0.4) is 0 Å². The number of nitro benzene ring substituents is 1. The Hall–Kier alpha value is -2.99. The van der Waals surface area contributed by atoms with Gasteiger partial charge in [0.25, 0.3) is 5.69 Å². The van der Waals surface area contributed by atoms with Crippen molar-refractivity contribution in [3.63, 3.8) is 0 Å². The van der Waals surface area contributed by atoms with E-state index in [0.717, 1.165) is 22.4 Å². The summed E-state index contributed by atoms with van der Waals surface area (Å²) in [6.07, 6.45) is 0. The van der Waals surface area contributed by atoms with Crippen LogP contribution < -0.4 is 0 Å². The maximum atomic E-state index is 13.4. The monoisotopic (exact) mass is 346 g/mol. The number of alkyl halides is 2. The molecule has 9 heteroatoms.